The van der Waals surface area contributed by atoms with Gasteiger partial charge < -0.3 is 10.2 Å². The summed E-state index contributed by atoms with van der Waals surface area (Å²) in [5.41, 5.74) is 0. The molecule has 0 radical (unpaired) electrons. The first-order valence-corrected chi connectivity index (χ1v) is 3.36. The van der Waals surface area contributed by atoms with Crippen molar-refractivity contribution in [2.75, 3.05) is 0 Å². The SMILES string of the molecule is CC(C)(O)O.CCCC. The van der Waals surface area contributed by atoms with Crippen molar-refractivity contribution in [2.24, 2.45) is 0 Å². The smallest absolute Gasteiger partial charge is 0.156 e. The monoisotopic (exact) mass is 134 g/mol. The number of hydrogen-bond acceptors (Lipinski definition) is 2. The summed E-state index contributed by atoms with van der Waals surface area (Å²) >= 11 is 0. The van der Waals surface area contributed by atoms with Crippen molar-refractivity contribution in [3.63, 3.8) is 0 Å². The van der Waals surface area contributed by atoms with E-state index in [0.29, 0.717) is 0 Å². The highest BCUT2D eigenvalue weighted by atomic mass is 16.5. The van der Waals surface area contributed by atoms with Gasteiger partial charge in [0.05, 0.1) is 0 Å². The van der Waals surface area contributed by atoms with Crippen LogP contribution in [0.5, 0.6) is 0 Å². The maximum Gasteiger partial charge on any atom is 0.156 e. The van der Waals surface area contributed by atoms with Crippen LogP contribution in [0.25, 0.3) is 0 Å². The van der Waals surface area contributed by atoms with Gasteiger partial charge in [-0.25, -0.2) is 0 Å². The van der Waals surface area contributed by atoms with Crippen LogP contribution in [-0.2, 0) is 0 Å². The Morgan fingerprint density at radius 2 is 1.11 bits per heavy atom. The second-order valence-corrected chi connectivity index (χ2v) is 2.49. The van der Waals surface area contributed by atoms with Crippen molar-refractivity contribution in [1.29, 1.82) is 0 Å². The minimum atomic E-state index is -1.50. The fraction of sp³-hybridized carbons (Fsp3) is 1.00. The number of rotatable bonds is 1. The average Bonchev–Trinajstić information content (AvgIpc) is 1.61. The lowest BCUT2D eigenvalue weighted by Crippen LogP contribution is -2.15. The zero-order valence-corrected chi connectivity index (χ0v) is 6.81. The van der Waals surface area contributed by atoms with Crippen molar-refractivity contribution in [2.45, 2.75) is 46.3 Å². The summed E-state index contributed by atoms with van der Waals surface area (Å²) in [5.74, 6) is -1.50. The first kappa shape index (κ1) is 11.7. The van der Waals surface area contributed by atoms with E-state index in [2.05, 4.69) is 13.8 Å². The zero-order chi connectivity index (χ0) is 7.91. The summed E-state index contributed by atoms with van der Waals surface area (Å²) in [6.07, 6.45) is 2.64. The molecule has 0 aliphatic rings. The fourth-order valence-corrected chi connectivity index (χ4v) is 0. The van der Waals surface area contributed by atoms with Crippen molar-refractivity contribution < 1.29 is 10.2 Å². The summed E-state index contributed by atoms with van der Waals surface area (Å²) < 4.78 is 0. The van der Waals surface area contributed by atoms with E-state index < -0.39 is 5.79 Å². The third kappa shape index (κ3) is 328. The summed E-state index contributed by atoms with van der Waals surface area (Å²) in [6, 6.07) is 0. The summed E-state index contributed by atoms with van der Waals surface area (Å²) in [6.45, 7) is 6.96. The van der Waals surface area contributed by atoms with E-state index in [1.165, 1.54) is 26.7 Å². The molecule has 0 rings (SSSR count). The number of hydrogen-bond donors (Lipinski definition) is 2. The molecular weight excluding hydrogens is 116 g/mol. The van der Waals surface area contributed by atoms with Crippen LogP contribution in [0.2, 0.25) is 0 Å². The van der Waals surface area contributed by atoms with Crippen LogP contribution in [0.4, 0.5) is 0 Å². The van der Waals surface area contributed by atoms with Gasteiger partial charge in [0, 0.05) is 0 Å². The van der Waals surface area contributed by atoms with Gasteiger partial charge in [0.2, 0.25) is 0 Å². The van der Waals surface area contributed by atoms with Gasteiger partial charge >= 0.3 is 0 Å². The first-order chi connectivity index (χ1) is 3.91. The Kier molecular flexibility index (Phi) is 7.85. The van der Waals surface area contributed by atoms with Crippen molar-refractivity contribution in [3.8, 4) is 0 Å². The molecule has 0 atom stereocenters. The van der Waals surface area contributed by atoms with Gasteiger partial charge in [0.25, 0.3) is 0 Å². The average molecular weight is 134 g/mol. The molecule has 0 unspecified atom stereocenters. The molecule has 0 fully saturated rings. The van der Waals surface area contributed by atoms with Crippen LogP contribution < -0.4 is 0 Å². The Labute approximate surface area is 57.5 Å². The molecule has 9 heavy (non-hydrogen) atoms. The molecule has 0 aliphatic heterocycles. The predicted molar refractivity (Wildman–Crippen MR) is 39.1 cm³/mol. The van der Waals surface area contributed by atoms with Gasteiger partial charge in [-0.2, -0.15) is 0 Å². The lowest BCUT2D eigenvalue weighted by atomic mass is 10.4. The van der Waals surface area contributed by atoms with Crippen LogP contribution in [0.3, 0.4) is 0 Å². The lowest BCUT2D eigenvalue weighted by molar-refractivity contribution is -0.127. The number of aliphatic hydroxyl groups is 2. The van der Waals surface area contributed by atoms with Gasteiger partial charge in [0.15, 0.2) is 5.79 Å². The molecule has 0 aliphatic carbocycles. The zero-order valence-electron chi connectivity index (χ0n) is 6.81. The van der Waals surface area contributed by atoms with Crippen molar-refractivity contribution in [1.82, 2.24) is 0 Å². The van der Waals surface area contributed by atoms with E-state index in [9.17, 15) is 0 Å². The third-order valence-electron chi connectivity index (χ3n) is 0.500. The molecule has 58 valence electrons. The molecule has 0 bridgehead atoms. The van der Waals surface area contributed by atoms with Gasteiger partial charge in [0.1, 0.15) is 0 Å². The van der Waals surface area contributed by atoms with Gasteiger partial charge in [-0.3, -0.25) is 0 Å². The quantitative estimate of drug-likeness (QED) is 0.534. The van der Waals surface area contributed by atoms with E-state index in [4.69, 9.17) is 10.2 Å². The normalized spacial score (nSPS) is 10.0. The van der Waals surface area contributed by atoms with Gasteiger partial charge in [-0.15, -0.1) is 0 Å². The fourth-order valence-electron chi connectivity index (χ4n) is 0. The van der Waals surface area contributed by atoms with Crippen molar-refractivity contribution in [3.05, 3.63) is 0 Å². The molecule has 0 amide bonds. The molecule has 0 saturated heterocycles. The maximum absolute atomic E-state index is 8.08. The standard InChI is InChI=1S/C4H10.C3H8O2/c1-3-4-2;1-3(2,4)5/h3-4H2,1-2H3;4-5H,1-2H3. The molecule has 0 aromatic rings. The van der Waals surface area contributed by atoms with Gasteiger partial charge in [-0.1, -0.05) is 26.7 Å². The molecule has 0 saturated carbocycles. The second-order valence-electron chi connectivity index (χ2n) is 2.49. The number of unbranched alkanes of at least 4 members (excludes halogenated alkanes) is 1. The first-order valence-electron chi connectivity index (χ1n) is 3.36. The lowest BCUT2D eigenvalue weighted by Gasteiger charge is -2.03. The molecule has 0 spiro atoms. The summed E-state index contributed by atoms with van der Waals surface area (Å²) in [7, 11) is 0. The van der Waals surface area contributed by atoms with Crippen LogP contribution in [0.15, 0.2) is 0 Å². The molecule has 2 N–H and O–H groups in total. The highest BCUT2D eigenvalue weighted by molar-refractivity contribution is 4.37. The molecule has 2 nitrogen and oxygen atoms in total. The van der Waals surface area contributed by atoms with Gasteiger partial charge in [-0.05, 0) is 13.8 Å². The highest BCUT2D eigenvalue weighted by Gasteiger charge is 2.00. The minimum Gasteiger partial charge on any atom is -0.366 e. The van der Waals surface area contributed by atoms with Crippen molar-refractivity contribution >= 4 is 0 Å². The Bertz CT molecular complexity index is 37.4. The molecule has 0 heterocycles. The third-order valence-corrected chi connectivity index (χ3v) is 0.500. The topological polar surface area (TPSA) is 40.5 Å². The summed E-state index contributed by atoms with van der Waals surface area (Å²) in [5, 5.41) is 16.2. The van der Waals surface area contributed by atoms with Crippen LogP contribution in [0.1, 0.15) is 40.5 Å². The Morgan fingerprint density at radius 1 is 1.00 bits per heavy atom. The van der Waals surface area contributed by atoms with Crippen LogP contribution in [-0.4, -0.2) is 16.0 Å². The molecule has 2 heteroatoms. The maximum atomic E-state index is 8.08. The Balaban J connectivity index is 0. The van der Waals surface area contributed by atoms with E-state index in [1.807, 2.05) is 0 Å². The van der Waals surface area contributed by atoms with E-state index in [0.717, 1.165) is 0 Å². The van der Waals surface area contributed by atoms with E-state index in [-0.39, 0.29) is 0 Å². The Morgan fingerprint density at radius 3 is 1.11 bits per heavy atom. The molecular formula is C7H18O2. The second kappa shape index (κ2) is 6.05. The van der Waals surface area contributed by atoms with Crippen LogP contribution in [0, 0.1) is 0 Å². The van der Waals surface area contributed by atoms with Crippen LogP contribution >= 0.6 is 0 Å². The molecule has 0 aromatic carbocycles. The van der Waals surface area contributed by atoms with E-state index >= 15 is 0 Å². The Hall–Kier alpha value is -0.0800. The minimum absolute atomic E-state index is 1.30. The van der Waals surface area contributed by atoms with E-state index in [1.54, 1.807) is 0 Å². The predicted octanol–water partition coefficient (Wildman–Crippen LogP) is 1.51. The largest absolute Gasteiger partial charge is 0.366 e. The molecule has 0 aromatic heterocycles. The summed E-state index contributed by atoms with van der Waals surface area (Å²) in [4.78, 5) is 0. The highest BCUT2D eigenvalue weighted by Crippen LogP contribution is 1.88.